The fraction of sp³-hybridized carbons (Fsp3) is 0.308. The van der Waals surface area contributed by atoms with E-state index < -0.39 is 0 Å². The summed E-state index contributed by atoms with van der Waals surface area (Å²) < 4.78 is 1.97. The number of hydrogen-bond donors (Lipinski definition) is 1. The van der Waals surface area contributed by atoms with Crippen molar-refractivity contribution in [1.29, 1.82) is 5.26 Å². The minimum absolute atomic E-state index is 0.721. The van der Waals surface area contributed by atoms with Gasteiger partial charge in [-0.05, 0) is 25.4 Å². The Hall–Kier alpha value is -1.44. The SMILES string of the molecule is CNCc1c(C#N)n(C)c2cc(SC)ccc12. The Morgan fingerprint density at radius 3 is 2.82 bits per heavy atom. The highest BCUT2D eigenvalue weighted by Crippen LogP contribution is 2.28. The molecule has 0 aliphatic rings. The molecule has 0 radical (unpaired) electrons. The van der Waals surface area contributed by atoms with E-state index in [-0.39, 0.29) is 0 Å². The Morgan fingerprint density at radius 1 is 1.47 bits per heavy atom. The third kappa shape index (κ3) is 1.92. The van der Waals surface area contributed by atoms with Crippen LogP contribution in [0.25, 0.3) is 10.9 Å². The second-order valence-electron chi connectivity index (χ2n) is 3.91. The molecular formula is C13H15N3S. The largest absolute Gasteiger partial charge is 0.335 e. The molecule has 1 N–H and O–H groups in total. The van der Waals surface area contributed by atoms with Crippen molar-refractivity contribution in [2.45, 2.75) is 11.4 Å². The maximum Gasteiger partial charge on any atom is 0.125 e. The lowest BCUT2D eigenvalue weighted by Gasteiger charge is -1.99. The first-order valence-corrected chi connectivity index (χ1v) is 6.65. The van der Waals surface area contributed by atoms with Crippen LogP contribution in [-0.2, 0) is 13.6 Å². The molecule has 1 aromatic heterocycles. The molecule has 3 nitrogen and oxygen atoms in total. The normalized spacial score (nSPS) is 10.7. The molecule has 88 valence electrons. The van der Waals surface area contributed by atoms with E-state index >= 15 is 0 Å². The number of rotatable bonds is 3. The molecule has 0 amide bonds. The van der Waals surface area contributed by atoms with Gasteiger partial charge in [0.05, 0.1) is 5.52 Å². The van der Waals surface area contributed by atoms with Crippen molar-refractivity contribution in [1.82, 2.24) is 9.88 Å². The molecule has 2 aromatic rings. The number of nitriles is 1. The summed E-state index contributed by atoms with van der Waals surface area (Å²) in [5, 5.41) is 13.5. The van der Waals surface area contributed by atoms with Crippen LogP contribution in [0.1, 0.15) is 11.3 Å². The van der Waals surface area contributed by atoms with Crippen molar-refractivity contribution < 1.29 is 0 Å². The van der Waals surface area contributed by atoms with E-state index in [4.69, 9.17) is 0 Å². The topological polar surface area (TPSA) is 40.8 Å². The number of thioether (sulfide) groups is 1. The van der Waals surface area contributed by atoms with Gasteiger partial charge in [0.2, 0.25) is 0 Å². The van der Waals surface area contributed by atoms with Crippen LogP contribution in [0, 0.1) is 11.3 Å². The molecule has 0 aliphatic heterocycles. The highest BCUT2D eigenvalue weighted by Gasteiger charge is 2.14. The Balaban J connectivity index is 2.76. The molecule has 0 saturated carbocycles. The van der Waals surface area contributed by atoms with Gasteiger partial charge in [0.1, 0.15) is 11.8 Å². The van der Waals surface area contributed by atoms with Crippen LogP contribution in [-0.4, -0.2) is 17.9 Å². The van der Waals surface area contributed by atoms with Crippen molar-refractivity contribution in [3.8, 4) is 6.07 Å². The molecule has 0 atom stereocenters. The molecule has 1 aromatic carbocycles. The fourth-order valence-electron chi connectivity index (χ4n) is 2.12. The van der Waals surface area contributed by atoms with E-state index in [1.165, 1.54) is 4.90 Å². The van der Waals surface area contributed by atoms with Crippen LogP contribution in [0.4, 0.5) is 0 Å². The monoisotopic (exact) mass is 245 g/mol. The second kappa shape index (κ2) is 4.82. The Morgan fingerprint density at radius 2 is 2.24 bits per heavy atom. The predicted octanol–water partition coefficient (Wildman–Crippen LogP) is 2.49. The lowest BCUT2D eigenvalue weighted by atomic mass is 10.1. The van der Waals surface area contributed by atoms with Crippen LogP contribution < -0.4 is 5.32 Å². The number of nitrogens with one attached hydrogen (secondary N) is 1. The summed E-state index contributed by atoms with van der Waals surface area (Å²) in [4.78, 5) is 1.22. The minimum Gasteiger partial charge on any atom is -0.335 e. The maximum atomic E-state index is 9.25. The van der Waals surface area contributed by atoms with Crippen molar-refractivity contribution in [2.75, 3.05) is 13.3 Å². The molecule has 17 heavy (non-hydrogen) atoms. The van der Waals surface area contributed by atoms with Gasteiger partial charge in [-0.3, -0.25) is 0 Å². The zero-order valence-corrected chi connectivity index (χ0v) is 11.1. The molecule has 0 fully saturated rings. The molecule has 1 heterocycles. The number of hydrogen-bond acceptors (Lipinski definition) is 3. The molecule has 2 rings (SSSR count). The van der Waals surface area contributed by atoms with Gasteiger partial charge in [-0.25, -0.2) is 0 Å². The lowest BCUT2D eigenvalue weighted by Crippen LogP contribution is -2.06. The second-order valence-corrected chi connectivity index (χ2v) is 4.79. The average Bonchev–Trinajstić information content (AvgIpc) is 2.62. The van der Waals surface area contributed by atoms with Gasteiger partial charge >= 0.3 is 0 Å². The van der Waals surface area contributed by atoms with Crippen molar-refractivity contribution in [3.63, 3.8) is 0 Å². The Kier molecular flexibility index (Phi) is 3.41. The zero-order chi connectivity index (χ0) is 12.4. The smallest absolute Gasteiger partial charge is 0.125 e. The molecule has 0 unspecified atom stereocenters. The highest BCUT2D eigenvalue weighted by atomic mass is 32.2. The van der Waals surface area contributed by atoms with Gasteiger partial charge in [-0.2, -0.15) is 5.26 Å². The van der Waals surface area contributed by atoms with Gasteiger partial charge in [0.25, 0.3) is 0 Å². The van der Waals surface area contributed by atoms with Gasteiger partial charge in [-0.15, -0.1) is 11.8 Å². The van der Waals surface area contributed by atoms with E-state index in [1.807, 2.05) is 18.7 Å². The predicted molar refractivity (Wildman–Crippen MR) is 72.2 cm³/mol. The van der Waals surface area contributed by atoms with E-state index in [0.29, 0.717) is 0 Å². The van der Waals surface area contributed by atoms with Crippen LogP contribution in [0.15, 0.2) is 23.1 Å². The van der Waals surface area contributed by atoms with E-state index in [1.54, 1.807) is 11.8 Å². The summed E-state index contributed by atoms with van der Waals surface area (Å²) in [6.07, 6.45) is 2.06. The van der Waals surface area contributed by atoms with Crippen LogP contribution in [0.3, 0.4) is 0 Å². The third-order valence-electron chi connectivity index (χ3n) is 2.97. The van der Waals surface area contributed by atoms with Gasteiger partial charge < -0.3 is 9.88 Å². The number of aryl methyl sites for hydroxylation is 1. The fourth-order valence-corrected chi connectivity index (χ4v) is 2.55. The average molecular weight is 245 g/mol. The van der Waals surface area contributed by atoms with E-state index in [2.05, 4.69) is 35.8 Å². The zero-order valence-electron chi connectivity index (χ0n) is 10.2. The van der Waals surface area contributed by atoms with E-state index in [9.17, 15) is 5.26 Å². The van der Waals surface area contributed by atoms with Gasteiger partial charge in [-0.1, -0.05) is 6.07 Å². The third-order valence-corrected chi connectivity index (χ3v) is 3.70. The number of aromatic nitrogens is 1. The molecule has 0 saturated heterocycles. The summed E-state index contributed by atoms with van der Waals surface area (Å²) in [5.74, 6) is 0. The van der Waals surface area contributed by atoms with Crippen molar-refractivity contribution in [2.24, 2.45) is 7.05 Å². The molecule has 4 heteroatoms. The van der Waals surface area contributed by atoms with Crippen LogP contribution in [0.2, 0.25) is 0 Å². The Bertz CT molecular complexity index is 593. The first-order chi connectivity index (χ1) is 8.22. The first kappa shape index (κ1) is 12.0. The minimum atomic E-state index is 0.721. The van der Waals surface area contributed by atoms with Gasteiger partial charge in [0, 0.05) is 29.4 Å². The molecule has 0 bridgehead atoms. The summed E-state index contributed by atoms with van der Waals surface area (Å²) >= 11 is 1.72. The maximum absolute atomic E-state index is 9.25. The lowest BCUT2D eigenvalue weighted by molar-refractivity contribution is 0.810. The van der Waals surface area contributed by atoms with Crippen LogP contribution >= 0.6 is 11.8 Å². The van der Waals surface area contributed by atoms with Crippen LogP contribution in [0.5, 0.6) is 0 Å². The van der Waals surface area contributed by atoms with Crippen molar-refractivity contribution in [3.05, 3.63) is 29.5 Å². The number of nitrogens with zero attached hydrogens (tertiary/aromatic N) is 2. The Labute approximate surface area is 105 Å². The van der Waals surface area contributed by atoms with E-state index in [0.717, 1.165) is 28.7 Å². The molecule has 0 aliphatic carbocycles. The summed E-state index contributed by atoms with van der Waals surface area (Å²) in [7, 11) is 3.85. The van der Waals surface area contributed by atoms with Crippen molar-refractivity contribution >= 4 is 22.7 Å². The summed E-state index contributed by atoms with van der Waals surface area (Å²) in [6, 6.07) is 8.64. The standard InChI is InChI=1S/C13H15N3S/c1-15-8-11-10-5-4-9(17-3)6-12(10)16(2)13(11)7-14/h4-6,15H,8H2,1-3H3. The van der Waals surface area contributed by atoms with Gasteiger partial charge in [0.15, 0.2) is 0 Å². The summed E-state index contributed by atoms with van der Waals surface area (Å²) in [6.45, 7) is 0.721. The quantitative estimate of drug-likeness (QED) is 0.845. The highest BCUT2D eigenvalue weighted by molar-refractivity contribution is 7.98. The molecular weight excluding hydrogens is 230 g/mol. The number of fused-ring (bicyclic) bond motifs is 1. The first-order valence-electron chi connectivity index (χ1n) is 5.43. The number of benzene rings is 1. The summed E-state index contributed by atoms with van der Waals surface area (Å²) in [5.41, 5.74) is 2.95. The molecule has 0 spiro atoms.